The molecule has 1 aromatic heterocycles. The van der Waals surface area contributed by atoms with E-state index in [0.717, 1.165) is 40.9 Å². The first-order chi connectivity index (χ1) is 21.9. The number of β-lactam (4-membered cyclic amide) rings is 1. The molecule has 2 aliphatic heterocycles. The monoisotopic (exact) mass is 665 g/mol. The molecule has 232 valence electrons. The van der Waals surface area contributed by atoms with Gasteiger partial charge in [-0.3, -0.25) is 19.3 Å². The number of alkyl halides is 1. The largest absolute Gasteiger partial charge is 0.448 e. The number of fused-ring (bicyclic) bond motifs is 1. The molecule has 2 fully saturated rings. The molecule has 1 saturated heterocycles. The van der Waals surface area contributed by atoms with Crippen LogP contribution in [0.2, 0.25) is 0 Å². The number of rotatable bonds is 11. The minimum atomic E-state index is -0.916. The molecular formula is C31H28ClN5O6S2. The number of anilines is 1. The Morgan fingerprint density at radius 2 is 1.76 bits per heavy atom. The summed E-state index contributed by atoms with van der Waals surface area (Å²) in [5.74, 6) is -1.64. The second-order valence-corrected chi connectivity index (χ2v) is 12.7. The molecule has 1 aliphatic carbocycles. The van der Waals surface area contributed by atoms with E-state index in [1.165, 1.54) is 29.2 Å². The standard InChI is InChI=1S/C31H28ClN5O6S2/c1-42-36-23(21-16-45-31(33-21)34-22(38)14-32)27(39)35-24-28(40)37-25(20(17-12-13-17)15-44-29(24)37)30(41)43-26(18-8-4-2-5-9-18)19-10-6-3-7-11-19/h2-11,16-17,24,26,29H,12-15H2,1H3,(H,35,39)(H,33,34,38)/b36-23-/t24-,29-/m1/s1. The summed E-state index contributed by atoms with van der Waals surface area (Å²) in [7, 11) is 1.28. The molecule has 3 amide bonds. The van der Waals surface area contributed by atoms with Gasteiger partial charge >= 0.3 is 5.97 Å². The SMILES string of the molecule is CO/N=C(\C(=O)N[C@@H]1C(=O)N2C(C(=O)OC(c3ccccc3)c3ccccc3)=C(C3CC3)CS[C@H]12)c1csc(NC(=O)CCl)n1. The van der Waals surface area contributed by atoms with Gasteiger partial charge in [0.1, 0.15) is 35.8 Å². The van der Waals surface area contributed by atoms with Crippen molar-refractivity contribution in [1.82, 2.24) is 15.2 Å². The number of nitrogens with one attached hydrogen (secondary N) is 2. The van der Waals surface area contributed by atoms with Crippen LogP contribution in [0.5, 0.6) is 0 Å². The maximum Gasteiger partial charge on any atom is 0.356 e. The molecule has 3 aromatic rings. The van der Waals surface area contributed by atoms with Gasteiger partial charge in [0.2, 0.25) is 5.91 Å². The van der Waals surface area contributed by atoms with Gasteiger partial charge in [-0.2, -0.15) is 0 Å². The lowest BCUT2D eigenvalue weighted by molar-refractivity contribution is -0.154. The number of carbonyl (C=O) groups is 4. The Balaban J connectivity index is 1.22. The Bertz CT molecular complexity index is 1640. The molecule has 0 bridgehead atoms. The molecule has 2 N–H and O–H groups in total. The zero-order valence-electron chi connectivity index (χ0n) is 24.0. The van der Waals surface area contributed by atoms with E-state index in [1.54, 1.807) is 0 Å². The van der Waals surface area contributed by atoms with Gasteiger partial charge in [-0.15, -0.1) is 34.7 Å². The number of esters is 1. The Labute approximate surface area is 272 Å². The van der Waals surface area contributed by atoms with Crippen LogP contribution in [0.4, 0.5) is 5.13 Å². The normalized spacial score (nSPS) is 19.5. The van der Waals surface area contributed by atoms with Crippen molar-refractivity contribution >= 4 is 69.2 Å². The summed E-state index contributed by atoms with van der Waals surface area (Å²) in [6.07, 6.45) is 1.22. The van der Waals surface area contributed by atoms with E-state index in [0.29, 0.717) is 5.75 Å². The van der Waals surface area contributed by atoms with E-state index in [9.17, 15) is 19.2 Å². The minimum absolute atomic E-state index is 0.150. The number of benzene rings is 2. The van der Waals surface area contributed by atoms with Crippen LogP contribution < -0.4 is 10.6 Å². The number of carbonyl (C=O) groups excluding carboxylic acids is 4. The van der Waals surface area contributed by atoms with Crippen molar-refractivity contribution in [1.29, 1.82) is 0 Å². The van der Waals surface area contributed by atoms with Gasteiger partial charge in [0.25, 0.3) is 11.8 Å². The van der Waals surface area contributed by atoms with Gasteiger partial charge in [-0.25, -0.2) is 9.78 Å². The first kappa shape index (κ1) is 30.8. The van der Waals surface area contributed by atoms with Gasteiger partial charge < -0.3 is 20.2 Å². The van der Waals surface area contributed by atoms with Crippen LogP contribution in [0.15, 0.2) is 82.5 Å². The van der Waals surface area contributed by atoms with Crippen LogP contribution in [-0.4, -0.2) is 69.4 Å². The highest BCUT2D eigenvalue weighted by atomic mass is 35.5. The Morgan fingerprint density at radius 1 is 1.09 bits per heavy atom. The van der Waals surface area contributed by atoms with Crippen LogP contribution in [0.25, 0.3) is 0 Å². The lowest BCUT2D eigenvalue weighted by atomic mass is 9.99. The third kappa shape index (κ3) is 6.46. The number of hydrogen-bond donors (Lipinski definition) is 2. The smallest absolute Gasteiger partial charge is 0.356 e. The molecule has 3 heterocycles. The molecule has 45 heavy (non-hydrogen) atoms. The molecule has 2 atom stereocenters. The van der Waals surface area contributed by atoms with E-state index in [1.807, 2.05) is 60.7 Å². The third-order valence-corrected chi connectivity index (χ3v) is 9.79. The molecule has 6 rings (SSSR count). The van der Waals surface area contributed by atoms with Crippen molar-refractivity contribution in [2.75, 3.05) is 24.1 Å². The van der Waals surface area contributed by atoms with E-state index in [2.05, 4.69) is 20.8 Å². The molecule has 14 heteroatoms. The molecule has 0 radical (unpaired) electrons. The van der Waals surface area contributed by atoms with Gasteiger partial charge in [-0.1, -0.05) is 65.8 Å². The van der Waals surface area contributed by atoms with E-state index >= 15 is 0 Å². The summed E-state index contributed by atoms with van der Waals surface area (Å²) in [6, 6.07) is 18.0. The minimum Gasteiger partial charge on any atom is -0.448 e. The van der Waals surface area contributed by atoms with Gasteiger partial charge in [-0.05, 0) is 35.5 Å². The zero-order valence-corrected chi connectivity index (χ0v) is 26.4. The van der Waals surface area contributed by atoms with E-state index < -0.39 is 41.2 Å². The number of thioether (sulfide) groups is 1. The summed E-state index contributed by atoms with van der Waals surface area (Å²) in [5.41, 5.74) is 2.76. The summed E-state index contributed by atoms with van der Waals surface area (Å²) in [5, 5.41) is 10.3. The average Bonchev–Trinajstić information content (AvgIpc) is 3.82. The predicted molar refractivity (Wildman–Crippen MR) is 171 cm³/mol. The second kappa shape index (κ2) is 13.4. The number of oxime groups is 1. The Kier molecular flexibility index (Phi) is 9.19. The maximum absolute atomic E-state index is 14.0. The fourth-order valence-corrected chi connectivity index (χ4v) is 7.46. The van der Waals surface area contributed by atoms with Gasteiger partial charge in [0.15, 0.2) is 16.9 Å². The van der Waals surface area contributed by atoms with Gasteiger partial charge in [0.05, 0.1) is 0 Å². The van der Waals surface area contributed by atoms with E-state index in [-0.39, 0.29) is 34.0 Å². The zero-order chi connectivity index (χ0) is 31.5. The van der Waals surface area contributed by atoms with Crippen LogP contribution >= 0.6 is 34.7 Å². The highest BCUT2D eigenvalue weighted by Crippen LogP contribution is 2.48. The molecule has 0 unspecified atom stereocenters. The van der Waals surface area contributed by atoms with Gasteiger partial charge in [0, 0.05) is 11.1 Å². The lowest BCUT2D eigenvalue weighted by Crippen LogP contribution is -2.71. The van der Waals surface area contributed by atoms with Crippen molar-refractivity contribution in [2.45, 2.75) is 30.4 Å². The number of hydrogen-bond acceptors (Lipinski definition) is 10. The molecular weight excluding hydrogens is 638 g/mol. The summed E-state index contributed by atoms with van der Waals surface area (Å²) < 4.78 is 6.19. The number of aromatic nitrogens is 1. The number of amides is 3. The fraction of sp³-hybridized carbons (Fsp3) is 0.290. The molecule has 3 aliphatic rings. The number of nitrogens with zero attached hydrogens (tertiary/aromatic N) is 3. The first-order valence-electron chi connectivity index (χ1n) is 14.1. The van der Waals surface area contributed by atoms with Crippen LogP contribution in [-0.2, 0) is 28.8 Å². The van der Waals surface area contributed by atoms with Crippen LogP contribution in [0, 0.1) is 5.92 Å². The average molecular weight is 666 g/mol. The second-order valence-electron chi connectivity index (χ2n) is 10.5. The topological polar surface area (TPSA) is 139 Å². The molecule has 1 saturated carbocycles. The quantitative estimate of drug-likeness (QED) is 0.103. The number of ether oxygens (including phenoxy) is 1. The predicted octanol–water partition coefficient (Wildman–Crippen LogP) is 4.07. The third-order valence-electron chi connectivity index (χ3n) is 7.49. The van der Waals surface area contributed by atoms with Crippen molar-refractivity contribution in [2.24, 2.45) is 11.1 Å². The van der Waals surface area contributed by atoms with E-state index in [4.69, 9.17) is 21.2 Å². The van der Waals surface area contributed by atoms with Crippen molar-refractivity contribution < 1.29 is 28.8 Å². The summed E-state index contributed by atoms with van der Waals surface area (Å²) >= 11 is 8.12. The van der Waals surface area contributed by atoms with Crippen LogP contribution in [0.1, 0.15) is 35.8 Å². The van der Waals surface area contributed by atoms with Crippen molar-refractivity contribution in [3.8, 4) is 0 Å². The maximum atomic E-state index is 14.0. The molecule has 2 aromatic carbocycles. The van der Waals surface area contributed by atoms with Crippen LogP contribution in [0.3, 0.4) is 0 Å². The van der Waals surface area contributed by atoms with Crippen molar-refractivity contribution in [3.05, 3.63) is 94.1 Å². The lowest BCUT2D eigenvalue weighted by Gasteiger charge is -2.50. The highest BCUT2D eigenvalue weighted by molar-refractivity contribution is 8.00. The molecule has 11 nitrogen and oxygen atoms in total. The highest BCUT2D eigenvalue weighted by Gasteiger charge is 2.56. The number of thiazole rings is 1. The first-order valence-corrected chi connectivity index (χ1v) is 16.6. The summed E-state index contributed by atoms with van der Waals surface area (Å²) in [4.78, 5) is 63.2. The Hall–Kier alpha value is -4.20. The number of halogens is 1. The summed E-state index contributed by atoms with van der Waals surface area (Å²) in [6.45, 7) is 0. The fourth-order valence-electron chi connectivity index (χ4n) is 5.22. The molecule has 0 spiro atoms. The van der Waals surface area contributed by atoms with Crippen molar-refractivity contribution in [3.63, 3.8) is 0 Å². The Morgan fingerprint density at radius 3 is 2.36 bits per heavy atom.